The number of benzene rings is 2. The van der Waals surface area contributed by atoms with Gasteiger partial charge in [-0.15, -0.1) is 10.2 Å². The molecule has 0 aliphatic heterocycles. The number of aryl methyl sites for hydroxylation is 2. The van der Waals surface area contributed by atoms with Crippen LogP contribution in [0.15, 0.2) is 63.9 Å². The molecule has 0 fully saturated rings. The average molecular weight is 409 g/mol. The van der Waals surface area contributed by atoms with E-state index in [9.17, 15) is 4.79 Å². The lowest BCUT2D eigenvalue weighted by molar-refractivity contribution is -0.116. The Morgan fingerprint density at radius 3 is 2.86 bits per heavy atom. The van der Waals surface area contributed by atoms with Crippen molar-refractivity contribution in [2.24, 2.45) is 0 Å². The van der Waals surface area contributed by atoms with Crippen LogP contribution in [0.4, 0.5) is 5.69 Å². The highest BCUT2D eigenvalue weighted by molar-refractivity contribution is 6.33. The number of nitrogens with zero attached hydrogens (tertiary/aromatic N) is 3. The molecule has 8 heteroatoms. The molecule has 0 aliphatic rings. The Morgan fingerprint density at radius 2 is 2.07 bits per heavy atom. The van der Waals surface area contributed by atoms with Crippen molar-refractivity contribution in [3.8, 4) is 22.8 Å². The van der Waals surface area contributed by atoms with E-state index in [0.29, 0.717) is 34.7 Å². The highest BCUT2D eigenvalue weighted by atomic mass is 35.5. The number of nitrogens with one attached hydrogen (secondary N) is 1. The highest BCUT2D eigenvalue weighted by Gasteiger charge is 2.13. The van der Waals surface area contributed by atoms with Crippen LogP contribution in [-0.2, 0) is 11.2 Å². The molecule has 0 unspecified atom stereocenters. The van der Waals surface area contributed by atoms with E-state index in [1.165, 1.54) is 6.39 Å². The second kappa shape index (κ2) is 8.28. The summed E-state index contributed by atoms with van der Waals surface area (Å²) in [5, 5.41) is 11.1. The van der Waals surface area contributed by atoms with Gasteiger partial charge in [-0.1, -0.05) is 29.8 Å². The number of oxazole rings is 1. The van der Waals surface area contributed by atoms with Crippen molar-refractivity contribution in [3.63, 3.8) is 0 Å². The number of hydrogen-bond donors (Lipinski definition) is 1. The van der Waals surface area contributed by atoms with E-state index >= 15 is 0 Å². The molecule has 0 aliphatic carbocycles. The third-order valence-corrected chi connectivity index (χ3v) is 4.71. The quantitative estimate of drug-likeness (QED) is 0.486. The van der Waals surface area contributed by atoms with E-state index in [-0.39, 0.29) is 12.3 Å². The lowest BCUT2D eigenvalue weighted by Crippen LogP contribution is -2.13. The Labute approximate surface area is 171 Å². The lowest BCUT2D eigenvalue weighted by atomic mass is 10.1. The van der Waals surface area contributed by atoms with Crippen LogP contribution in [0.1, 0.15) is 17.9 Å². The Morgan fingerprint density at radius 1 is 1.21 bits per heavy atom. The smallest absolute Gasteiger partial charge is 0.247 e. The van der Waals surface area contributed by atoms with Crippen LogP contribution in [0.5, 0.6) is 0 Å². The summed E-state index contributed by atoms with van der Waals surface area (Å²) in [4.78, 5) is 16.7. The summed E-state index contributed by atoms with van der Waals surface area (Å²) in [5.74, 6) is 1.31. The topological polar surface area (TPSA) is 94.1 Å². The average Bonchev–Trinajstić information content (AvgIpc) is 3.41. The molecule has 4 rings (SSSR count). The predicted octanol–water partition coefficient (Wildman–Crippen LogP) is 4.92. The van der Waals surface area contributed by atoms with Crippen molar-refractivity contribution in [1.29, 1.82) is 0 Å². The maximum atomic E-state index is 12.4. The normalized spacial score (nSPS) is 10.8. The van der Waals surface area contributed by atoms with Crippen molar-refractivity contribution in [2.75, 3.05) is 5.32 Å². The molecule has 2 heterocycles. The van der Waals surface area contributed by atoms with Gasteiger partial charge in [-0.25, -0.2) is 4.98 Å². The number of carbonyl (C=O) groups is 1. The van der Waals surface area contributed by atoms with Crippen LogP contribution in [0.3, 0.4) is 0 Å². The molecular formula is C21H17ClN4O3. The van der Waals surface area contributed by atoms with E-state index in [1.54, 1.807) is 18.3 Å². The molecule has 0 bridgehead atoms. The van der Waals surface area contributed by atoms with Gasteiger partial charge in [-0.2, -0.15) is 0 Å². The number of amides is 1. The molecule has 0 atom stereocenters. The molecular weight excluding hydrogens is 392 g/mol. The Bertz CT molecular complexity index is 1140. The van der Waals surface area contributed by atoms with Gasteiger partial charge in [0.05, 0.1) is 11.2 Å². The fourth-order valence-corrected chi connectivity index (χ4v) is 3.06. The van der Waals surface area contributed by atoms with Crippen LogP contribution >= 0.6 is 11.6 Å². The van der Waals surface area contributed by atoms with E-state index < -0.39 is 0 Å². The molecule has 7 nitrogen and oxygen atoms in total. The molecule has 0 saturated carbocycles. The highest BCUT2D eigenvalue weighted by Crippen LogP contribution is 2.28. The molecule has 2 aromatic heterocycles. The van der Waals surface area contributed by atoms with Crippen molar-refractivity contribution >= 4 is 23.2 Å². The van der Waals surface area contributed by atoms with Crippen molar-refractivity contribution in [1.82, 2.24) is 15.2 Å². The van der Waals surface area contributed by atoms with Gasteiger partial charge in [0.2, 0.25) is 18.2 Å². The summed E-state index contributed by atoms with van der Waals surface area (Å²) in [5.41, 5.74) is 3.12. The first kappa shape index (κ1) is 18.9. The Hall–Kier alpha value is -3.45. The van der Waals surface area contributed by atoms with Crippen LogP contribution in [-0.4, -0.2) is 21.1 Å². The molecule has 29 heavy (non-hydrogen) atoms. The zero-order valence-corrected chi connectivity index (χ0v) is 16.3. The van der Waals surface area contributed by atoms with Gasteiger partial charge in [0.25, 0.3) is 0 Å². The second-order valence-corrected chi connectivity index (χ2v) is 6.83. The minimum absolute atomic E-state index is 0.145. The van der Waals surface area contributed by atoms with Crippen LogP contribution in [0, 0.1) is 6.92 Å². The summed E-state index contributed by atoms with van der Waals surface area (Å²) >= 11 is 6.18. The monoisotopic (exact) mass is 408 g/mol. The molecule has 0 spiro atoms. The van der Waals surface area contributed by atoms with Crippen molar-refractivity contribution in [3.05, 3.63) is 71.5 Å². The minimum Gasteiger partial charge on any atom is -0.441 e. The minimum atomic E-state index is -0.145. The van der Waals surface area contributed by atoms with E-state index in [1.807, 2.05) is 37.3 Å². The summed E-state index contributed by atoms with van der Waals surface area (Å²) < 4.78 is 10.9. The predicted molar refractivity (Wildman–Crippen MR) is 108 cm³/mol. The number of halogens is 1. The van der Waals surface area contributed by atoms with E-state index in [2.05, 4.69) is 20.5 Å². The van der Waals surface area contributed by atoms with Gasteiger partial charge in [0.15, 0.2) is 11.7 Å². The molecule has 146 valence electrons. The van der Waals surface area contributed by atoms with Gasteiger partial charge in [0, 0.05) is 29.7 Å². The van der Waals surface area contributed by atoms with Gasteiger partial charge < -0.3 is 14.2 Å². The first-order chi connectivity index (χ1) is 14.1. The van der Waals surface area contributed by atoms with Gasteiger partial charge in [0.1, 0.15) is 0 Å². The number of aromatic nitrogens is 3. The standard InChI is InChI=1S/C21H17ClN4O3/c1-13-6-7-14(21-26-24-12-28-21)10-17(13)25-19(27)8-9-20-23-11-18(29-20)15-4-2-3-5-16(15)22/h2-7,10-12H,8-9H2,1H3,(H,25,27). The van der Waals surface area contributed by atoms with Gasteiger partial charge in [-0.05, 0) is 36.8 Å². The van der Waals surface area contributed by atoms with Crippen molar-refractivity contribution in [2.45, 2.75) is 19.8 Å². The van der Waals surface area contributed by atoms with Gasteiger partial charge >= 0.3 is 0 Å². The number of anilines is 1. The summed E-state index contributed by atoms with van der Waals surface area (Å²) in [7, 11) is 0. The number of rotatable bonds is 6. The number of carbonyl (C=O) groups excluding carboxylic acids is 1. The maximum absolute atomic E-state index is 12.4. The largest absolute Gasteiger partial charge is 0.441 e. The fraction of sp³-hybridized carbons (Fsp3) is 0.143. The van der Waals surface area contributed by atoms with E-state index in [0.717, 1.165) is 16.7 Å². The van der Waals surface area contributed by atoms with Crippen LogP contribution in [0.2, 0.25) is 5.02 Å². The molecule has 4 aromatic rings. The summed E-state index contributed by atoms with van der Waals surface area (Å²) in [6, 6.07) is 12.9. The molecule has 2 aromatic carbocycles. The molecule has 1 N–H and O–H groups in total. The lowest BCUT2D eigenvalue weighted by Gasteiger charge is -2.09. The molecule has 0 saturated heterocycles. The third-order valence-electron chi connectivity index (χ3n) is 4.38. The Kier molecular flexibility index (Phi) is 5.39. The zero-order chi connectivity index (χ0) is 20.2. The Balaban J connectivity index is 1.40. The fourth-order valence-electron chi connectivity index (χ4n) is 2.83. The summed E-state index contributed by atoms with van der Waals surface area (Å²) in [6.07, 6.45) is 3.48. The van der Waals surface area contributed by atoms with Crippen molar-refractivity contribution < 1.29 is 13.6 Å². The SMILES string of the molecule is Cc1ccc(-c2nnco2)cc1NC(=O)CCc1ncc(-c2ccccc2Cl)o1. The number of hydrogen-bond acceptors (Lipinski definition) is 6. The van der Waals surface area contributed by atoms with Crippen LogP contribution < -0.4 is 5.32 Å². The summed E-state index contributed by atoms with van der Waals surface area (Å²) in [6.45, 7) is 1.91. The molecule has 0 radical (unpaired) electrons. The van der Waals surface area contributed by atoms with E-state index in [4.69, 9.17) is 20.4 Å². The second-order valence-electron chi connectivity index (χ2n) is 6.42. The first-order valence-corrected chi connectivity index (χ1v) is 9.34. The van der Waals surface area contributed by atoms with Gasteiger partial charge in [-0.3, -0.25) is 4.79 Å². The third kappa shape index (κ3) is 4.35. The zero-order valence-electron chi connectivity index (χ0n) is 15.6. The molecule has 1 amide bonds. The first-order valence-electron chi connectivity index (χ1n) is 8.97. The maximum Gasteiger partial charge on any atom is 0.247 e. The van der Waals surface area contributed by atoms with Crippen LogP contribution in [0.25, 0.3) is 22.8 Å².